The predicted molar refractivity (Wildman–Crippen MR) is 73.9 cm³/mol. The first-order valence-electron chi connectivity index (χ1n) is 7.03. The summed E-state index contributed by atoms with van der Waals surface area (Å²) < 4.78 is 0. The number of nitrogens with one attached hydrogen (secondary N) is 2. The molecule has 1 saturated carbocycles. The highest BCUT2D eigenvalue weighted by Gasteiger charge is 2.22. The lowest BCUT2D eigenvalue weighted by molar-refractivity contribution is 0.312. The van der Waals surface area contributed by atoms with Crippen molar-refractivity contribution in [1.82, 2.24) is 9.97 Å². The molecular weight excluding hydrogens is 226 g/mol. The Morgan fingerprint density at radius 2 is 2.17 bits per heavy atom. The van der Waals surface area contributed by atoms with Gasteiger partial charge in [0.1, 0.15) is 11.6 Å². The van der Waals surface area contributed by atoms with E-state index in [1.807, 2.05) is 6.92 Å². The molecule has 1 aromatic rings. The summed E-state index contributed by atoms with van der Waals surface area (Å²) in [4.78, 5) is 18.4. The van der Waals surface area contributed by atoms with E-state index in [0.717, 1.165) is 12.3 Å². The van der Waals surface area contributed by atoms with Crippen LogP contribution in [0.2, 0.25) is 0 Å². The van der Waals surface area contributed by atoms with Crippen LogP contribution in [0.5, 0.6) is 0 Å². The van der Waals surface area contributed by atoms with Crippen LogP contribution in [0, 0.1) is 12.8 Å². The molecule has 1 atom stereocenters. The first kappa shape index (κ1) is 13.1. The molecule has 100 valence electrons. The van der Waals surface area contributed by atoms with Crippen LogP contribution in [-0.2, 0) is 0 Å². The van der Waals surface area contributed by atoms with Crippen molar-refractivity contribution in [3.63, 3.8) is 0 Å². The minimum atomic E-state index is -0.0801. The maximum atomic E-state index is 11.4. The normalized spacial score (nSPS) is 18.6. The lowest BCUT2D eigenvalue weighted by Gasteiger charge is -2.30. The van der Waals surface area contributed by atoms with Gasteiger partial charge in [0.25, 0.3) is 5.56 Å². The van der Waals surface area contributed by atoms with Crippen molar-refractivity contribution in [2.45, 2.75) is 58.4 Å². The molecule has 0 radical (unpaired) electrons. The number of hydrogen-bond donors (Lipinski definition) is 2. The molecule has 1 unspecified atom stereocenters. The number of rotatable bonds is 4. The molecule has 0 spiro atoms. The molecule has 1 aliphatic carbocycles. The van der Waals surface area contributed by atoms with Gasteiger partial charge in [0.15, 0.2) is 0 Å². The second-order valence-corrected chi connectivity index (χ2v) is 5.27. The van der Waals surface area contributed by atoms with Crippen molar-refractivity contribution < 1.29 is 0 Å². The van der Waals surface area contributed by atoms with Crippen LogP contribution in [0.4, 0.5) is 5.82 Å². The standard InChI is InChI=1S/C14H23N3O/c1-3-12(11-7-5-4-6-8-11)17-13-9-14(18)16-10(2)15-13/h9,11-12H,3-8H2,1-2H3,(H2,15,16,17,18). The van der Waals surface area contributed by atoms with E-state index in [0.29, 0.717) is 17.7 Å². The molecule has 0 aromatic carbocycles. The molecule has 1 fully saturated rings. The number of aromatic nitrogens is 2. The fraction of sp³-hybridized carbons (Fsp3) is 0.714. The van der Waals surface area contributed by atoms with Crippen LogP contribution in [-0.4, -0.2) is 16.0 Å². The van der Waals surface area contributed by atoms with E-state index in [-0.39, 0.29) is 5.56 Å². The Morgan fingerprint density at radius 1 is 1.44 bits per heavy atom. The first-order valence-corrected chi connectivity index (χ1v) is 7.03. The van der Waals surface area contributed by atoms with Gasteiger partial charge in [-0.2, -0.15) is 0 Å². The van der Waals surface area contributed by atoms with E-state index in [1.54, 1.807) is 6.07 Å². The third-order valence-electron chi connectivity index (χ3n) is 3.85. The Balaban J connectivity index is 2.06. The summed E-state index contributed by atoms with van der Waals surface area (Å²) in [6, 6.07) is 2.00. The molecule has 0 aliphatic heterocycles. The topological polar surface area (TPSA) is 57.8 Å². The van der Waals surface area contributed by atoms with E-state index < -0.39 is 0 Å². The van der Waals surface area contributed by atoms with Gasteiger partial charge in [0.05, 0.1) is 0 Å². The van der Waals surface area contributed by atoms with Crippen LogP contribution in [0.1, 0.15) is 51.3 Å². The number of anilines is 1. The van der Waals surface area contributed by atoms with Gasteiger partial charge < -0.3 is 10.3 Å². The van der Waals surface area contributed by atoms with Crippen molar-refractivity contribution in [1.29, 1.82) is 0 Å². The summed E-state index contributed by atoms with van der Waals surface area (Å²) in [5, 5.41) is 3.45. The maximum absolute atomic E-state index is 11.4. The van der Waals surface area contributed by atoms with Crippen molar-refractivity contribution in [3.8, 4) is 0 Å². The minimum Gasteiger partial charge on any atom is -0.367 e. The van der Waals surface area contributed by atoms with Crippen molar-refractivity contribution in [2.24, 2.45) is 5.92 Å². The highest BCUT2D eigenvalue weighted by molar-refractivity contribution is 5.34. The molecule has 18 heavy (non-hydrogen) atoms. The second-order valence-electron chi connectivity index (χ2n) is 5.27. The van der Waals surface area contributed by atoms with Gasteiger partial charge in [0.2, 0.25) is 0 Å². The second kappa shape index (κ2) is 6.03. The Labute approximate surface area is 108 Å². The summed E-state index contributed by atoms with van der Waals surface area (Å²) in [7, 11) is 0. The third kappa shape index (κ3) is 3.34. The van der Waals surface area contributed by atoms with E-state index >= 15 is 0 Å². The van der Waals surface area contributed by atoms with E-state index in [2.05, 4.69) is 22.2 Å². The van der Waals surface area contributed by atoms with Crippen LogP contribution >= 0.6 is 0 Å². The number of nitrogens with zero attached hydrogens (tertiary/aromatic N) is 1. The molecule has 1 aliphatic rings. The van der Waals surface area contributed by atoms with Crippen LogP contribution in [0.3, 0.4) is 0 Å². The van der Waals surface area contributed by atoms with Crippen molar-refractivity contribution in [2.75, 3.05) is 5.32 Å². The summed E-state index contributed by atoms with van der Waals surface area (Å²) in [6.07, 6.45) is 7.73. The largest absolute Gasteiger partial charge is 0.367 e. The Morgan fingerprint density at radius 3 is 2.78 bits per heavy atom. The number of aryl methyl sites for hydroxylation is 1. The zero-order chi connectivity index (χ0) is 13.0. The quantitative estimate of drug-likeness (QED) is 0.862. The fourth-order valence-electron chi connectivity index (χ4n) is 2.93. The minimum absolute atomic E-state index is 0.0801. The molecule has 1 heterocycles. The van der Waals surface area contributed by atoms with Crippen LogP contribution < -0.4 is 10.9 Å². The van der Waals surface area contributed by atoms with Gasteiger partial charge in [-0.25, -0.2) is 4.98 Å². The van der Waals surface area contributed by atoms with Gasteiger partial charge in [0, 0.05) is 12.1 Å². The summed E-state index contributed by atoms with van der Waals surface area (Å²) in [6.45, 7) is 4.01. The van der Waals surface area contributed by atoms with Gasteiger partial charge in [-0.05, 0) is 32.1 Å². The lowest BCUT2D eigenvalue weighted by Crippen LogP contribution is -2.31. The van der Waals surface area contributed by atoms with E-state index in [1.165, 1.54) is 32.1 Å². The van der Waals surface area contributed by atoms with Crippen LogP contribution in [0.25, 0.3) is 0 Å². The number of hydrogen-bond acceptors (Lipinski definition) is 3. The van der Waals surface area contributed by atoms with Gasteiger partial charge in [-0.3, -0.25) is 4.79 Å². The SMILES string of the molecule is CCC(Nc1cc(=O)[nH]c(C)n1)C1CCCCC1. The zero-order valence-electron chi connectivity index (χ0n) is 11.3. The Kier molecular flexibility index (Phi) is 4.39. The molecule has 2 rings (SSSR count). The maximum Gasteiger partial charge on any atom is 0.252 e. The third-order valence-corrected chi connectivity index (χ3v) is 3.85. The monoisotopic (exact) mass is 249 g/mol. The van der Waals surface area contributed by atoms with Crippen molar-refractivity contribution >= 4 is 5.82 Å². The highest BCUT2D eigenvalue weighted by Crippen LogP contribution is 2.29. The summed E-state index contributed by atoms with van der Waals surface area (Å²) >= 11 is 0. The van der Waals surface area contributed by atoms with E-state index in [4.69, 9.17) is 0 Å². The number of aromatic amines is 1. The number of H-pyrrole nitrogens is 1. The average molecular weight is 249 g/mol. The fourth-order valence-corrected chi connectivity index (χ4v) is 2.93. The molecule has 0 amide bonds. The zero-order valence-corrected chi connectivity index (χ0v) is 11.3. The predicted octanol–water partition coefficient (Wildman–Crippen LogP) is 2.85. The van der Waals surface area contributed by atoms with Gasteiger partial charge in [-0.15, -0.1) is 0 Å². The molecule has 0 bridgehead atoms. The first-order chi connectivity index (χ1) is 8.69. The van der Waals surface area contributed by atoms with Crippen molar-refractivity contribution in [3.05, 3.63) is 22.2 Å². The van der Waals surface area contributed by atoms with Gasteiger partial charge >= 0.3 is 0 Å². The lowest BCUT2D eigenvalue weighted by atomic mass is 9.83. The highest BCUT2D eigenvalue weighted by atomic mass is 16.1. The molecule has 1 aromatic heterocycles. The summed E-state index contributed by atoms with van der Waals surface area (Å²) in [5.41, 5.74) is -0.0801. The molecule has 2 N–H and O–H groups in total. The van der Waals surface area contributed by atoms with Crippen LogP contribution in [0.15, 0.2) is 10.9 Å². The molecule has 4 heteroatoms. The summed E-state index contributed by atoms with van der Waals surface area (Å²) in [5.74, 6) is 2.11. The van der Waals surface area contributed by atoms with E-state index in [9.17, 15) is 4.79 Å². The molecule has 0 saturated heterocycles. The average Bonchev–Trinajstić information content (AvgIpc) is 2.36. The van der Waals surface area contributed by atoms with Gasteiger partial charge in [-0.1, -0.05) is 26.2 Å². The Bertz CT molecular complexity index is 435. The Hall–Kier alpha value is -1.32. The smallest absolute Gasteiger partial charge is 0.252 e. The molecular formula is C14H23N3O. The molecule has 4 nitrogen and oxygen atoms in total.